The monoisotopic (exact) mass is 825 g/mol. The molecule has 0 amide bonds. The number of thiophene rings is 1. The zero-order chi connectivity index (χ0) is 41.2. The Morgan fingerprint density at radius 2 is 1.19 bits per heavy atom. The van der Waals surface area contributed by atoms with Crippen LogP contribution in [0.1, 0.15) is 35.2 Å². The minimum atomic E-state index is -1.90. The number of ether oxygens (including phenoxy) is 5. The quantitative estimate of drug-likeness (QED) is 0.0881. The zero-order valence-corrected chi connectivity index (χ0v) is 31.6. The molecule has 17 nitrogen and oxygen atoms in total. The Morgan fingerprint density at radius 1 is 0.655 bits per heavy atom. The first-order valence-corrected chi connectivity index (χ1v) is 19.5. The van der Waals surface area contributed by atoms with Crippen molar-refractivity contribution in [2.24, 2.45) is 0 Å². The van der Waals surface area contributed by atoms with Gasteiger partial charge in [0.1, 0.15) is 60.5 Å². The van der Waals surface area contributed by atoms with Gasteiger partial charge in [0.25, 0.3) is 0 Å². The van der Waals surface area contributed by atoms with Crippen molar-refractivity contribution in [3.8, 4) is 27.7 Å². The fourth-order valence-corrected chi connectivity index (χ4v) is 8.39. The van der Waals surface area contributed by atoms with Crippen molar-refractivity contribution in [3.63, 3.8) is 0 Å². The lowest BCUT2D eigenvalue weighted by Gasteiger charge is -2.38. The van der Waals surface area contributed by atoms with Gasteiger partial charge in [-0.15, -0.1) is 11.3 Å². The molecule has 8 N–H and O–H groups in total. The number of carbonyl (C=O) groups is 3. The number of aliphatic hydroxyl groups excluding tert-OH is 6. The van der Waals surface area contributed by atoms with Gasteiger partial charge < -0.3 is 64.5 Å². The standard InChI is InChI=1S/C40H43NO16S/c42-27(19-4-8-21(9-5-19)53-17-16-41-14-2-1-3-15-41)26-24-13-12-23(55-40-33(48)29(44)31(46)35(57-40)38(51)52)18-25(24)58-36(26)20-6-10-22(11-7-20)54-39-32(47)28(43)30(45)34(56-39)37(49)50/h4-13,18,28-35,39-40,43-48H,1-3,14-17H2,(H,49,50)(H,51,52)/t28-,29+,30-,31+,32-,33+,34?,35?,39+,40-/m1/s1. The SMILES string of the molecule is O=C(c1ccc(OCCN2CCCCC2)cc1)c1c(-c2ccc(O[C@H]3OC(C(=O)O)[C@H](O)[C@@H](O)[C@H]3O)cc2)sc2cc(O[C@@H]3OC(C(=O)O)[C@@H](O)[C@H](O)[C@@H]3O)ccc12. The lowest BCUT2D eigenvalue weighted by atomic mass is 9.97. The van der Waals surface area contributed by atoms with E-state index in [4.69, 9.17) is 23.7 Å². The van der Waals surface area contributed by atoms with Crippen LogP contribution < -0.4 is 14.2 Å². The highest BCUT2D eigenvalue weighted by molar-refractivity contribution is 7.22. The Labute approximate surface area is 334 Å². The Kier molecular flexibility index (Phi) is 12.6. The molecule has 310 valence electrons. The molecule has 18 heteroatoms. The number of aliphatic carboxylic acids is 2. The van der Waals surface area contributed by atoms with E-state index in [1.54, 1.807) is 48.5 Å². The molecule has 0 radical (unpaired) electrons. The molecule has 58 heavy (non-hydrogen) atoms. The number of carboxylic acid groups (broad SMARTS) is 2. The summed E-state index contributed by atoms with van der Waals surface area (Å²) in [5.74, 6) is -2.63. The van der Waals surface area contributed by atoms with E-state index in [9.17, 15) is 55.2 Å². The average molecular weight is 826 g/mol. The average Bonchev–Trinajstić information content (AvgIpc) is 3.60. The predicted molar refractivity (Wildman–Crippen MR) is 203 cm³/mol. The van der Waals surface area contributed by atoms with E-state index in [0.29, 0.717) is 44.0 Å². The van der Waals surface area contributed by atoms with Crippen LogP contribution in [0.3, 0.4) is 0 Å². The van der Waals surface area contributed by atoms with Gasteiger partial charge in [-0.2, -0.15) is 0 Å². The number of carbonyl (C=O) groups excluding carboxylic acids is 1. The number of nitrogens with zero attached hydrogens (tertiary/aromatic N) is 1. The number of rotatable bonds is 13. The van der Waals surface area contributed by atoms with E-state index in [2.05, 4.69) is 4.90 Å². The van der Waals surface area contributed by atoms with Gasteiger partial charge >= 0.3 is 11.9 Å². The van der Waals surface area contributed by atoms with Crippen molar-refractivity contribution >= 4 is 39.1 Å². The van der Waals surface area contributed by atoms with Crippen molar-refractivity contribution < 1.29 is 78.9 Å². The van der Waals surface area contributed by atoms with Gasteiger partial charge in [-0.1, -0.05) is 6.42 Å². The van der Waals surface area contributed by atoms with E-state index in [1.165, 1.54) is 48.8 Å². The summed E-state index contributed by atoms with van der Waals surface area (Å²) in [6.07, 6.45) is -14.5. The molecule has 3 aliphatic rings. The molecule has 4 heterocycles. The smallest absolute Gasteiger partial charge is 0.335 e. The summed E-state index contributed by atoms with van der Waals surface area (Å²) in [6.45, 7) is 3.40. The van der Waals surface area contributed by atoms with Crippen LogP contribution in [0, 0.1) is 0 Å². The highest BCUT2D eigenvalue weighted by Crippen LogP contribution is 2.42. The number of piperidine rings is 1. The number of fused-ring (bicyclic) bond motifs is 1. The van der Waals surface area contributed by atoms with Gasteiger partial charge in [-0.05, 0) is 98.2 Å². The van der Waals surface area contributed by atoms with Crippen LogP contribution in [0.15, 0.2) is 66.7 Å². The van der Waals surface area contributed by atoms with Crippen LogP contribution >= 0.6 is 11.3 Å². The summed E-state index contributed by atoms with van der Waals surface area (Å²) in [5.41, 5.74) is 1.24. The molecule has 3 saturated heterocycles. The Hall–Kier alpha value is -4.73. The molecule has 0 aliphatic carbocycles. The van der Waals surface area contributed by atoms with Crippen molar-refractivity contribution in [3.05, 3.63) is 77.9 Å². The second kappa shape index (κ2) is 17.6. The molecule has 0 saturated carbocycles. The Morgan fingerprint density at radius 3 is 1.76 bits per heavy atom. The van der Waals surface area contributed by atoms with Gasteiger partial charge in [0.2, 0.25) is 12.6 Å². The number of ketones is 1. The number of carboxylic acids is 2. The molecule has 2 unspecified atom stereocenters. The summed E-state index contributed by atoms with van der Waals surface area (Å²) in [7, 11) is 0. The van der Waals surface area contributed by atoms with Gasteiger partial charge in [0.15, 0.2) is 18.0 Å². The van der Waals surface area contributed by atoms with Crippen LogP contribution in [0.5, 0.6) is 17.2 Å². The van der Waals surface area contributed by atoms with E-state index in [1.807, 2.05) is 0 Å². The van der Waals surface area contributed by atoms with E-state index in [-0.39, 0.29) is 17.3 Å². The second-order valence-electron chi connectivity index (χ2n) is 14.3. The van der Waals surface area contributed by atoms with Gasteiger partial charge in [0.05, 0.1) is 0 Å². The highest BCUT2D eigenvalue weighted by Gasteiger charge is 2.49. The minimum Gasteiger partial charge on any atom is -0.492 e. The minimum absolute atomic E-state index is 0.101. The first-order chi connectivity index (χ1) is 27.8. The normalized spacial score (nSPS) is 29.1. The largest absolute Gasteiger partial charge is 0.492 e. The molecule has 3 aliphatic heterocycles. The molecule has 0 bridgehead atoms. The van der Waals surface area contributed by atoms with Gasteiger partial charge in [-0.3, -0.25) is 9.69 Å². The second-order valence-corrected chi connectivity index (χ2v) is 15.4. The highest BCUT2D eigenvalue weighted by atomic mass is 32.1. The number of likely N-dealkylation sites (tertiary alicyclic amines) is 1. The third kappa shape index (κ3) is 8.67. The van der Waals surface area contributed by atoms with Crippen LogP contribution in [-0.4, -0.2) is 151 Å². The summed E-state index contributed by atoms with van der Waals surface area (Å²) >= 11 is 1.21. The summed E-state index contributed by atoms with van der Waals surface area (Å²) in [5, 5.41) is 80.9. The topological polar surface area (TPSA) is 262 Å². The number of hydrogen-bond acceptors (Lipinski definition) is 16. The van der Waals surface area contributed by atoms with Crippen molar-refractivity contribution in [2.75, 3.05) is 26.2 Å². The van der Waals surface area contributed by atoms with Crippen molar-refractivity contribution in [1.82, 2.24) is 4.90 Å². The van der Waals surface area contributed by atoms with Crippen molar-refractivity contribution in [1.29, 1.82) is 0 Å². The summed E-state index contributed by atoms with van der Waals surface area (Å²) < 4.78 is 28.5. The number of hydrogen-bond donors (Lipinski definition) is 8. The third-order valence-electron chi connectivity index (χ3n) is 10.4. The molecule has 4 aromatic rings. The van der Waals surface area contributed by atoms with Crippen LogP contribution in [0.4, 0.5) is 0 Å². The maximum atomic E-state index is 14.4. The van der Waals surface area contributed by atoms with Gasteiger partial charge in [-0.25, -0.2) is 9.59 Å². The zero-order valence-electron chi connectivity index (χ0n) is 30.8. The molecule has 1 aromatic heterocycles. The maximum Gasteiger partial charge on any atom is 0.335 e. The molecular formula is C40H43NO16S. The predicted octanol–water partition coefficient (Wildman–Crippen LogP) is 1.21. The number of aliphatic hydroxyl groups is 6. The molecule has 0 spiro atoms. The van der Waals surface area contributed by atoms with Crippen LogP contribution in [0.2, 0.25) is 0 Å². The number of benzene rings is 3. The van der Waals surface area contributed by atoms with Crippen molar-refractivity contribution in [2.45, 2.75) is 80.7 Å². The van der Waals surface area contributed by atoms with E-state index in [0.717, 1.165) is 19.6 Å². The lowest BCUT2D eigenvalue weighted by Crippen LogP contribution is -2.61. The summed E-state index contributed by atoms with van der Waals surface area (Å²) in [4.78, 5) is 40.4. The first-order valence-electron chi connectivity index (χ1n) is 18.7. The fraction of sp³-hybridized carbons (Fsp3) is 0.425. The van der Waals surface area contributed by atoms with Gasteiger partial charge in [0, 0.05) is 32.6 Å². The summed E-state index contributed by atoms with van der Waals surface area (Å²) in [6, 6.07) is 17.7. The Balaban J connectivity index is 1.16. The molecule has 3 fully saturated rings. The van der Waals surface area contributed by atoms with Crippen LogP contribution in [-0.2, 0) is 19.1 Å². The maximum absolute atomic E-state index is 14.4. The fourth-order valence-electron chi connectivity index (χ4n) is 7.15. The van der Waals surface area contributed by atoms with Crippen LogP contribution in [0.25, 0.3) is 20.5 Å². The molecule has 10 atom stereocenters. The molecule has 7 rings (SSSR count). The molecule has 3 aromatic carbocycles. The van der Waals surface area contributed by atoms with E-state index < -0.39 is 73.4 Å². The van der Waals surface area contributed by atoms with E-state index >= 15 is 0 Å². The lowest BCUT2D eigenvalue weighted by molar-refractivity contribution is -0.271. The first kappa shape index (κ1) is 41.4. The molecular weight excluding hydrogens is 782 g/mol. The third-order valence-corrected chi connectivity index (χ3v) is 11.6. The Bertz CT molecular complexity index is 2090.